The summed E-state index contributed by atoms with van der Waals surface area (Å²) in [6, 6.07) is 27.7. The number of carbonyl (C=O) groups is 1. The molecule has 1 aliphatic rings. The van der Waals surface area contributed by atoms with E-state index in [9.17, 15) is 20.1 Å². The molecule has 1 aliphatic heterocycles. The van der Waals surface area contributed by atoms with Crippen molar-refractivity contribution in [1.82, 2.24) is 0 Å². The summed E-state index contributed by atoms with van der Waals surface area (Å²) in [7, 11) is 0. The van der Waals surface area contributed by atoms with Crippen LogP contribution < -0.4 is 0 Å². The highest BCUT2D eigenvalue weighted by Crippen LogP contribution is 2.48. The van der Waals surface area contributed by atoms with Gasteiger partial charge in [0.15, 0.2) is 6.29 Å². The summed E-state index contributed by atoms with van der Waals surface area (Å²) < 4.78 is 12.5. The summed E-state index contributed by atoms with van der Waals surface area (Å²) in [6.45, 7) is 2.90. The first-order valence-corrected chi connectivity index (χ1v) is 20.7. The van der Waals surface area contributed by atoms with Crippen molar-refractivity contribution in [3.8, 4) is 0 Å². The van der Waals surface area contributed by atoms with Gasteiger partial charge in [-0.3, -0.25) is 4.79 Å². The number of rotatable bonds is 26. The monoisotopic (exact) mass is 726 g/mol. The molecule has 3 N–H and O–H groups in total. The van der Waals surface area contributed by atoms with E-state index in [-0.39, 0.29) is 18.8 Å². The molecular formula is C47H66O6. The zero-order valence-electron chi connectivity index (χ0n) is 32.2. The van der Waals surface area contributed by atoms with Crippen molar-refractivity contribution in [3.05, 3.63) is 120 Å². The van der Waals surface area contributed by atoms with Crippen LogP contribution in [0.1, 0.15) is 145 Å². The van der Waals surface area contributed by atoms with Gasteiger partial charge in [-0.05, 0) is 68.1 Å². The number of aliphatic carboxylic acids is 1. The van der Waals surface area contributed by atoms with E-state index in [1.54, 1.807) is 0 Å². The first-order chi connectivity index (χ1) is 25.9. The maximum absolute atomic E-state index is 13.4. The predicted molar refractivity (Wildman–Crippen MR) is 215 cm³/mol. The Morgan fingerprint density at radius 3 is 1.83 bits per heavy atom. The Hall–Kier alpha value is -3.29. The minimum atomic E-state index is -1.75. The van der Waals surface area contributed by atoms with Crippen LogP contribution in [0.2, 0.25) is 0 Å². The molecule has 0 radical (unpaired) electrons. The Kier molecular flexibility index (Phi) is 19.4. The molecule has 0 aliphatic carbocycles. The summed E-state index contributed by atoms with van der Waals surface area (Å²) >= 11 is 0. The number of hydrogen-bond acceptors (Lipinski definition) is 5. The molecule has 1 fully saturated rings. The van der Waals surface area contributed by atoms with Crippen molar-refractivity contribution < 1.29 is 29.6 Å². The van der Waals surface area contributed by atoms with E-state index >= 15 is 0 Å². The van der Waals surface area contributed by atoms with Crippen molar-refractivity contribution in [1.29, 1.82) is 0 Å². The van der Waals surface area contributed by atoms with E-state index in [2.05, 4.69) is 19.1 Å². The van der Waals surface area contributed by atoms with Crippen LogP contribution in [0.15, 0.2) is 103 Å². The van der Waals surface area contributed by atoms with Gasteiger partial charge in [0, 0.05) is 18.9 Å². The molecule has 1 saturated heterocycles. The number of carboxylic acids is 1. The van der Waals surface area contributed by atoms with E-state index in [0.717, 1.165) is 44.9 Å². The summed E-state index contributed by atoms with van der Waals surface area (Å²) in [5.41, 5.74) is 0.0186. The van der Waals surface area contributed by atoms with Crippen LogP contribution in [0.4, 0.5) is 0 Å². The lowest BCUT2D eigenvalue weighted by Gasteiger charge is -2.42. The van der Waals surface area contributed by atoms with Crippen LogP contribution in [0.25, 0.3) is 0 Å². The van der Waals surface area contributed by atoms with Gasteiger partial charge >= 0.3 is 5.97 Å². The second-order valence-corrected chi connectivity index (χ2v) is 15.0. The molecule has 0 bridgehead atoms. The van der Waals surface area contributed by atoms with Crippen molar-refractivity contribution in [2.24, 2.45) is 5.92 Å². The highest BCUT2D eigenvalue weighted by molar-refractivity contribution is 5.73. The standard InChI is InChI=1S/C47H66O6/c1-2-3-4-5-6-7-8-9-10-11-12-13-14-15-25-34-41(53-43-35-26-27-36-52-43)37-42(48)44(46(49)50)45(38-28-19-16-20-29-38)47(51,39-30-21-17-22-31-39)40-32-23-18-24-33-40/h9-10,16-24,28-33,41-45,48,51H,2-8,11-15,25-27,34-37H2,1H3,(H,49,50)/b10-9-/t41-,42-,43?,44-,45?/m0/s1. The fraction of sp³-hybridized carbons (Fsp3) is 0.553. The zero-order chi connectivity index (χ0) is 37.6. The molecule has 0 spiro atoms. The van der Waals surface area contributed by atoms with Crippen LogP contribution in [-0.4, -0.2) is 46.4 Å². The molecule has 0 saturated carbocycles. The van der Waals surface area contributed by atoms with Crippen LogP contribution >= 0.6 is 0 Å². The molecular weight excluding hydrogens is 661 g/mol. The SMILES string of the molecule is CCCCCCCC/C=C\CCCCCCC[C@@H](C[C@H](O)[C@H](C(=O)O)C(c1ccccc1)C(O)(c1ccccc1)c1ccccc1)OC1CCCCO1. The number of hydrogen-bond donors (Lipinski definition) is 3. The van der Waals surface area contributed by atoms with Crippen molar-refractivity contribution in [3.63, 3.8) is 0 Å². The molecule has 4 rings (SSSR count). The first-order valence-electron chi connectivity index (χ1n) is 20.7. The smallest absolute Gasteiger partial charge is 0.309 e. The number of ether oxygens (including phenoxy) is 2. The van der Waals surface area contributed by atoms with Gasteiger partial charge in [-0.25, -0.2) is 0 Å². The van der Waals surface area contributed by atoms with E-state index in [0.29, 0.717) is 29.7 Å². The zero-order valence-corrected chi connectivity index (χ0v) is 32.2. The maximum Gasteiger partial charge on any atom is 0.309 e. The number of benzene rings is 3. The summed E-state index contributed by atoms with van der Waals surface area (Å²) in [6.07, 6.45) is 22.1. The highest BCUT2D eigenvalue weighted by Gasteiger charge is 2.50. The lowest BCUT2D eigenvalue weighted by atomic mass is 9.65. The quantitative estimate of drug-likeness (QED) is 0.0563. The van der Waals surface area contributed by atoms with Gasteiger partial charge in [-0.1, -0.05) is 168 Å². The first kappa shape index (κ1) is 42.5. The summed E-state index contributed by atoms with van der Waals surface area (Å²) in [5.74, 6) is -3.51. The average Bonchev–Trinajstić information content (AvgIpc) is 3.19. The molecule has 1 heterocycles. The Bertz CT molecular complexity index is 1370. The third-order valence-corrected chi connectivity index (χ3v) is 10.9. The second-order valence-electron chi connectivity index (χ2n) is 15.0. The molecule has 0 aromatic heterocycles. The maximum atomic E-state index is 13.4. The third-order valence-electron chi connectivity index (χ3n) is 10.9. The average molecular weight is 727 g/mol. The van der Waals surface area contributed by atoms with Crippen molar-refractivity contribution >= 4 is 5.97 Å². The largest absolute Gasteiger partial charge is 0.481 e. The Labute approximate surface area is 319 Å². The van der Waals surface area contributed by atoms with Crippen molar-refractivity contribution in [2.45, 2.75) is 153 Å². The molecule has 0 amide bonds. The Morgan fingerprint density at radius 2 is 1.30 bits per heavy atom. The number of unbranched alkanes of at least 4 members (excludes halogenated alkanes) is 11. The van der Waals surface area contributed by atoms with Gasteiger partial charge in [-0.2, -0.15) is 0 Å². The molecule has 53 heavy (non-hydrogen) atoms. The number of aliphatic hydroxyl groups excluding tert-OH is 1. The fourth-order valence-corrected chi connectivity index (χ4v) is 7.94. The summed E-state index contributed by atoms with van der Waals surface area (Å²) in [4.78, 5) is 13.4. The van der Waals surface area contributed by atoms with Gasteiger partial charge in [-0.15, -0.1) is 0 Å². The lowest BCUT2D eigenvalue weighted by molar-refractivity contribution is -0.197. The normalized spacial score (nSPS) is 17.4. The summed E-state index contributed by atoms with van der Waals surface area (Å²) in [5, 5.41) is 36.0. The van der Waals surface area contributed by atoms with E-state index in [1.807, 2.05) is 91.0 Å². The molecule has 2 unspecified atom stereocenters. The van der Waals surface area contributed by atoms with Crippen LogP contribution in [-0.2, 0) is 19.9 Å². The number of aliphatic hydroxyl groups is 2. The van der Waals surface area contributed by atoms with Gasteiger partial charge < -0.3 is 24.8 Å². The van der Waals surface area contributed by atoms with Crippen molar-refractivity contribution in [2.75, 3.05) is 6.61 Å². The van der Waals surface area contributed by atoms with Crippen LogP contribution in [0.3, 0.4) is 0 Å². The van der Waals surface area contributed by atoms with Gasteiger partial charge in [0.25, 0.3) is 0 Å². The number of allylic oxidation sites excluding steroid dienone is 2. The highest BCUT2D eigenvalue weighted by atomic mass is 16.7. The van der Waals surface area contributed by atoms with Gasteiger partial charge in [0.05, 0.1) is 18.1 Å². The molecule has 290 valence electrons. The van der Waals surface area contributed by atoms with Crippen LogP contribution in [0.5, 0.6) is 0 Å². The van der Waals surface area contributed by atoms with E-state index in [1.165, 1.54) is 57.8 Å². The van der Waals surface area contributed by atoms with Gasteiger partial charge in [0.2, 0.25) is 0 Å². The van der Waals surface area contributed by atoms with E-state index < -0.39 is 29.5 Å². The minimum absolute atomic E-state index is 0.128. The second kappa shape index (κ2) is 24.2. The Balaban J connectivity index is 1.43. The minimum Gasteiger partial charge on any atom is -0.481 e. The lowest BCUT2D eigenvalue weighted by Crippen LogP contribution is -2.46. The molecule has 3 aromatic carbocycles. The molecule has 5 atom stereocenters. The van der Waals surface area contributed by atoms with E-state index in [4.69, 9.17) is 9.47 Å². The fourth-order valence-electron chi connectivity index (χ4n) is 7.94. The third kappa shape index (κ3) is 13.8. The molecule has 3 aromatic rings. The van der Waals surface area contributed by atoms with Gasteiger partial charge in [0.1, 0.15) is 5.60 Å². The topological polar surface area (TPSA) is 96.2 Å². The molecule has 6 nitrogen and oxygen atoms in total. The Morgan fingerprint density at radius 1 is 0.774 bits per heavy atom. The predicted octanol–water partition coefficient (Wildman–Crippen LogP) is 11.1. The van der Waals surface area contributed by atoms with Crippen LogP contribution in [0, 0.1) is 5.92 Å². The molecule has 6 heteroatoms. The number of carboxylic acid groups (broad SMARTS) is 1.